The van der Waals surface area contributed by atoms with Crippen LogP contribution in [0.15, 0.2) is 0 Å². The maximum atomic E-state index is 11.8. The van der Waals surface area contributed by atoms with Crippen molar-refractivity contribution in [3.63, 3.8) is 0 Å². The summed E-state index contributed by atoms with van der Waals surface area (Å²) in [5.41, 5.74) is 0.190. The molecule has 3 nitrogen and oxygen atoms in total. The van der Waals surface area contributed by atoms with Crippen LogP contribution in [0.2, 0.25) is 0 Å². The fourth-order valence-corrected chi connectivity index (χ4v) is 2.77. The summed E-state index contributed by atoms with van der Waals surface area (Å²) in [7, 11) is 0. The van der Waals surface area contributed by atoms with Crippen LogP contribution in [0.1, 0.15) is 26.7 Å². The van der Waals surface area contributed by atoms with E-state index in [2.05, 4.69) is 15.9 Å². The molecule has 4 heteroatoms. The minimum Gasteiger partial charge on any atom is -0.282 e. The first kappa shape index (κ1) is 11.1. The Hall–Kier alpha value is -0.380. The smallest absolute Gasteiger partial charge is 0.232 e. The number of hydrogen-bond donors (Lipinski definition) is 0. The van der Waals surface area contributed by atoms with Gasteiger partial charge in [0.15, 0.2) is 0 Å². The van der Waals surface area contributed by atoms with Crippen molar-refractivity contribution in [1.29, 1.82) is 0 Å². The molecule has 15 heavy (non-hydrogen) atoms. The van der Waals surface area contributed by atoms with Crippen molar-refractivity contribution in [2.75, 3.05) is 11.9 Å². The van der Waals surface area contributed by atoms with Crippen molar-refractivity contribution in [2.45, 2.75) is 26.7 Å². The Balaban J connectivity index is 2.10. The second kappa shape index (κ2) is 3.58. The second-order valence-corrected chi connectivity index (χ2v) is 5.53. The van der Waals surface area contributed by atoms with E-state index in [0.717, 1.165) is 18.2 Å². The molecule has 2 fully saturated rings. The van der Waals surface area contributed by atoms with Crippen molar-refractivity contribution < 1.29 is 9.59 Å². The summed E-state index contributed by atoms with van der Waals surface area (Å²) >= 11 is 3.46. The van der Waals surface area contributed by atoms with Gasteiger partial charge in [-0.2, -0.15) is 0 Å². The molecular weight excluding hydrogens is 258 g/mol. The summed E-state index contributed by atoms with van der Waals surface area (Å²) in [5, 5.41) is 0.889. The average molecular weight is 274 g/mol. The van der Waals surface area contributed by atoms with Crippen LogP contribution in [-0.2, 0) is 9.59 Å². The highest BCUT2D eigenvalue weighted by Gasteiger charge is 2.49. The monoisotopic (exact) mass is 273 g/mol. The summed E-state index contributed by atoms with van der Waals surface area (Å²) in [6.45, 7) is 4.31. The van der Waals surface area contributed by atoms with Crippen LogP contribution in [-0.4, -0.2) is 28.6 Å². The highest BCUT2D eigenvalue weighted by Crippen LogP contribution is 2.48. The topological polar surface area (TPSA) is 37.4 Å². The second-order valence-electron chi connectivity index (χ2n) is 4.97. The van der Waals surface area contributed by atoms with Crippen LogP contribution >= 0.6 is 15.9 Å². The van der Waals surface area contributed by atoms with Gasteiger partial charge < -0.3 is 0 Å². The zero-order valence-corrected chi connectivity index (χ0v) is 10.7. The van der Waals surface area contributed by atoms with Crippen LogP contribution in [0, 0.1) is 17.3 Å². The van der Waals surface area contributed by atoms with Crippen LogP contribution < -0.4 is 0 Å². The predicted octanol–water partition coefficient (Wildman–Crippen LogP) is 1.80. The molecule has 1 saturated heterocycles. The lowest BCUT2D eigenvalue weighted by Gasteiger charge is -2.20. The molecule has 0 radical (unpaired) electrons. The third-order valence-corrected chi connectivity index (χ3v) is 4.98. The minimum atomic E-state index is -0.136. The Morgan fingerprint density at radius 3 is 2.07 bits per heavy atom. The van der Waals surface area contributed by atoms with Gasteiger partial charge in [0.2, 0.25) is 11.8 Å². The molecule has 0 bridgehead atoms. The number of carbonyl (C=O) groups is 2. The average Bonchev–Trinajstić information content (AvgIpc) is 2.99. The van der Waals surface area contributed by atoms with Gasteiger partial charge in [0, 0.05) is 23.7 Å². The first-order valence-corrected chi connectivity index (χ1v) is 6.54. The van der Waals surface area contributed by atoms with Crippen molar-refractivity contribution in [2.24, 2.45) is 17.3 Å². The van der Waals surface area contributed by atoms with Crippen LogP contribution in [0.4, 0.5) is 0 Å². The summed E-state index contributed by atoms with van der Waals surface area (Å²) in [5.74, 6) is -0.244. The molecular formula is C11H16BrNO2. The van der Waals surface area contributed by atoms with Gasteiger partial charge >= 0.3 is 0 Å². The fraction of sp³-hybridized carbons (Fsp3) is 0.818. The Kier molecular flexibility index (Phi) is 2.65. The van der Waals surface area contributed by atoms with E-state index < -0.39 is 0 Å². The zero-order valence-electron chi connectivity index (χ0n) is 9.12. The van der Waals surface area contributed by atoms with E-state index in [-0.39, 0.29) is 29.1 Å². The number of alkyl halides is 1. The molecule has 0 aromatic heterocycles. The molecule has 2 rings (SSSR count). The molecule has 0 spiro atoms. The first-order chi connectivity index (χ1) is 7.01. The van der Waals surface area contributed by atoms with E-state index in [4.69, 9.17) is 0 Å². The Labute approximate surface area is 98.3 Å². The van der Waals surface area contributed by atoms with Gasteiger partial charge in [-0.3, -0.25) is 14.5 Å². The molecule has 0 N–H and O–H groups in total. The van der Waals surface area contributed by atoms with Crippen LogP contribution in [0.3, 0.4) is 0 Å². The van der Waals surface area contributed by atoms with Gasteiger partial charge in [-0.25, -0.2) is 0 Å². The van der Waals surface area contributed by atoms with Crippen LogP contribution in [0.25, 0.3) is 0 Å². The fourth-order valence-electron chi connectivity index (χ4n) is 2.03. The van der Waals surface area contributed by atoms with Crippen molar-refractivity contribution in [3.05, 3.63) is 0 Å². The molecule has 84 valence electrons. The molecule has 2 amide bonds. The van der Waals surface area contributed by atoms with Crippen molar-refractivity contribution in [3.8, 4) is 0 Å². The van der Waals surface area contributed by atoms with Gasteiger partial charge in [-0.1, -0.05) is 29.8 Å². The maximum Gasteiger partial charge on any atom is 0.232 e. The largest absolute Gasteiger partial charge is 0.282 e. The van der Waals surface area contributed by atoms with E-state index in [0.29, 0.717) is 6.54 Å². The SMILES string of the molecule is CC1C(=O)N(CC2(CBr)CC2)C(=O)C1C. The van der Waals surface area contributed by atoms with E-state index in [1.807, 2.05) is 13.8 Å². The summed E-state index contributed by atoms with van der Waals surface area (Å²) < 4.78 is 0. The number of rotatable bonds is 3. The summed E-state index contributed by atoms with van der Waals surface area (Å²) in [6, 6.07) is 0. The molecule has 2 unspecified atom stereocenters. The van der Waals surface area contributed by atoms with Gasteiger partial charge in [-0.15, -0.1) is 0 Å². The predicted molar refractivity (Wildman–Crippen MR) is 60.5 cm³/mol. The molecule has 1 aliphatic carbocycles. The number of carbonyl (C=O) groups excluding carboxylic acids is 2. The van der Waals surface area contributed by atoms with Crippen molar-refractivity contribution in [1.82, 2.24) is 4.90 Å². The standard InChI is InChI=1S/C11H16BrNO2/c1-7-8(2)10(15)13(9(7)14)6-11(5-12)3-4-11/h7-8H,3-6H2,1-2H3. The van der Waals surface area contributed by atoms with E-state index >= 15 is 0 Å². The number of halogens is 1. The maximum absolute atomic E-state index is 11.8. The normalized spacial score (nSPS) is 33.7. The number of likely N-dealkylation sites (tertiary alicyclic amines) is 1. The highest BCUT2D eigenvalue weighted by molar-refractivity contribution is 9.09. The van der Waals surface area contributed by atoms with Crippen molar-refractivity contribution >= 4 is 27.7 Å². The Bertz CT molecular complexity index is 292. The first-order valence-electron chi connectivity index (χ1n) is 5.42. The Morgan fingerprint density at radius 1 is 1.27 bits per heavy atom. The van der Waals surface area contributed by atoms with E-state index in [1.165, 1.54) is 4.90 Å². The Morgan fingerprint density at radius 2 is 1.73 bits per heavy atom. The molecule has 2 atom stereocenters. The number of nitrogens with zero attached hydrogens (tertiary/aromatic N) is 1. The van der Waals surface area contributed by atoms with E-state index in [1.54, 1.807) is 0 Å². The number of imide groups is 1. The molecule has 2 aliphatic rings. The zero-order chi connectivity index (χ0) is 11.2. The third kappa shape index (κ3) is 1.73. The molecule has 1 aliphatic heterocycles. The van der Waals surface area contributed by atoms with Gasteiger partial charge in [0.25, 0.3) is 0 Å². The summed E-state index contributed by atoms with van der Waals surface area (Å²) in [4.78, 5) is 25.2. The number of amides is 2. The lowest BCUT2D eigenvalue weighted by Crippen LogP contribution is -2.36. The summed E-state index contributed by atoms with van der Waals surface area (Å²) in [6.07, 6.45) is 2.25. The van der Waals surface area contributed by atoms with Gasteiger partial charge in [-0.05, 0) is 18.3 Å². The van der Waals surface area contributed by atoms with Crippen LogP contribution in [0.5, 0.6) is 0 Å². The third-order valence-electron chi connectivity index (χ3n) is 3.80. The molecule has 0 aromatic rings. The molecule has 1 saturated carbocycles. The highest BCUT2D eigenvalue weighted by atomic mass is 79.9. The number of hydrogen-bond acceptors (Lipinski definition) is 2. The lowest BCUT2D eigenvalue weighted by atomic mass is 10.00. The minimum absolute atomic E-state index is 0.0136. The quantitative estimate of drug-likeness (QED) is 0.581. The van der Waals surface area contributed by atoms with Gasteiger partial charge in [0.05, 0.1) is 0 Å². The molecule has 1 heterocycles. The van der Waals surface area contributed by atoms with E-state index in [9.17, 15) is 9.59 Å². The molecule has 0 aromatic carbocycles. The van der Waals surface area contributed by atoms with Gasteiger partial charge in [0.1, 0.15) is 0 Å². The lowest BCUT2D eigenvalue weighted by molar-refractivity contribution is -0.140.